The van der Waals surface area contributed by atoms with Crippen LogP contribution in [0.2, 0.25) is 0 Å². The molecule has 0 saturated carbocycles. The number of hydrogen-bond acceptors (Lipinski definition) is 4. The van der Waals surface area contributed by atoms with E-state index in [-0.39, 0.29) is 26.8 Å². The van der Waals surface area contributed by atoms with E-state index in [4.69, 9.17) is 4.74 Å². The molecule has 6 rings (SSSR count). The van der Waals surface area contributed by atoms with E-state index in [1.807, 2.05) is 37.4 Å². The van der Waals surface area contributed by atoms with Gasteiger partial charge in [-0.25, -0.2) is 9.97 Å². The summed E-state index contributed by atoms with van der Waals surface area (Å²) in [7, 11) is 0. The molecule has 0 atom stereocenters. The second kappa shape index (κ2) is 8.83. The summed E-state index contributed by atoms with van der Waals surface area (Å²) in [6, 6.07) is 25.3. The Kier molecular flexibility index (Phi) is 5.82. The molecule has 5 nitrogen and oxygen atoms in total. The molecule has 6 heteroatoms. The van der Waals surface area contributed by atoms with Crippen molar-refractivity contribution < 1.29 is 30.9 Å². The zero-order valence-corrected chi connectivity index (χ0v) is 21.7. The van der Waals surface area contributed by atoms with Gasteiger partial charge >= 0.3 is 0 Å². The summed E-state index contributed by atoms with van der Waals surface area (Å²) in [6.07, 6.45) is 1.82. The minimum atomic E-state index is 0. The minimum Gasteiger partial charge on any atom is -0.506 e. The van der Waals surface area contributed by atoms with Gasteiger partial charge in [-0.05, 0) is 73.7 Å². The first-order valence-corrected chi connectivity index (χ1v) is 11.1. The summed E-state index contributed by atoms with van der Waals surface area (Å²) in [5.41, 5.74) is 5.77. The topological polar surface area (TPSA) is 60.2 Å². The number of ether oxygens (including phenoxy) is 1. The van der Waals surface area contributed by atoms with Crippen LogP contribution in [0, 0.1) is 26.8 Å². The summed E-state index contributed by atoms with van der Waals surface area (Å²) >= 11 is 0. The first kappa shape index (κ1) is 23.1. The number of hydrogen-bond donors (Lipinski definition) is 1. The molecule has 0 amide bonds. The molecule has 176 valence electrons. The molecule has 35 heavy (non-hydrogen) atoms. The maximum Gasteiger partial charge on any atom is 0.217 e. The second-order valence-electron chi connectivity index (χ2n) is 8.74. The van der Waals surface area contributed by atoms with Gasteiger partial charge in [0.15, 0.2) is 0 Å². The fraction of sp³-hybridized carbons (Fsp3) is 0.103. The van der Waals surface area contributed by atoms with Gasteiger partial charge in [-0.3, -0.25) is 0 Å². The molecular weight excluding hydrogens is 617 g/mol. The molecule has 3 heterocycles. The van der Waals surface area contributed by atoms with Gasteiger partial charge in [-0.2, -0.15) is 6.07 Å². The summed E-state index contributed by atoms with van der Waals surface area (Å²) in [6.45, 7) is 6.10. The van der Waals surface area contributed by atoms with Crippen molar-refractivity contribution in [3.8, 4) is 23.2 Å². The molecule has 0 spiro atoms. The minimum absolute atomic E-state index is 0. The normalized spacial score (nSPS) is 11.2. The number of phenols is 1. The van der Waals surface area contributed by atoms with Gasteiger partial charge in [0.05, 0.1) is 0 Å². The fourth-order valence-corrected chi connectivity index (χ4v) is 4.49. The van der Waals surface area contributed by atoms with E-state index >= 15 is 0 Å². The first-order valence-electron chi connectivity index (χ1n) is 11.1. The molecule has 0 fully saturated rings. The maximum atomic E-state index is 10.3. The Bertz CT molecular complexity index is 1740. The molecule has 3 aromatic heterocycles. The van der Waals surface area contributed by atoms with Crippen LogP contribution >= 0.6 is 0 Å². The van der Waals surface area contributed by atoms with Gasteiger partial charge in [-0.15, -0.1) is 17.5 Å². The van der Waals surface area contributed by atoms with Crippen LogP contribution < -0.4 is 4.74 Å². The van der Waals surface area contributed by atoms with Crippen molar-refractivity contribution in [2.24, 2.45) is 0 Å². The Morgan fingerprint density at radius 2 is 1.66 bits per heavy atom. The predicted molar refractivity (Wildman–Crippen MR) is 135 cm³/mol. The number of nitrogens with zero attached hydrogens (tertiary/aromatic N) is 3. The molecular formula is C29H22N3O2Pt-. The van der Waals surface area contributed by atoms with E-state index in [1.54, 1.807) is 12.1 Å². The summed E-state index contributed by atoms with van der Waals surface area (Å²) < 4.78 is 8.22. The van der Waals surface area contributed by atoms with Gasteiger partial charge in [-0.1, -0.05) is 23.2 Å². The molecule has 0 aliphatic rings. The molecule has 0 unspecified atom stereocenters. The third-order valence-electron chi connectivity index (χ3n) is 6.04. The van der Waals surface area contributed by atoms with Crippen LogP contribution in [-0.2, 0) is 21.1 Å². The predicted octanol–water partition coefficient (Wildman–Crippen LogP) is 6.95. The quantitative estimate of drug-likeness (QED) is 0.213. The number of phenolic OH excluding ortho intramolecular Hbond substituents is 1. The van der Waals surface area contributed by atoms with E-state index in [0.717, 1.165) is 44.1 Å². The maximum absolute atomic E-state index is 10.3. The molecule has 6 aromatic rings. The first-order chi connectivity index (χ1) is 16.5. The van der Waals surface area contributed by atoms with Crippen LogP contribution in [0.5, 0.6) is 17.4 Å². The van der Waals surface area contributed by atoms with Gasteiger partial charge in [0, 0.05) is 50.0 Å². The largest absolute Gasteiger partial charge is 0.506 e. The summed E-state index contributed by atoms with van der Waals surface area (Å²) in [4.78, 5) is 9.16. The van der Waals surface area contributed by atoms with Crippen molar-refractivity contribution in [3.63, 3.8) is 0 Å². The Labute approximate surface area is 217 Å². The van der Waals surface area contributed by atoms with Crippen LogP contribution in [0.1, 0.15) is 16.7 Å². The number of aromatic nitrogens is 3. The number of aromatic hydroxyl groups is 1. The standard InChI is InChI=1S/C29H22N3O2.Pt/c1-17-4-8-24-23(13-17)22-7-6-21(16-25(22)32(24)27-15-18(2)10-11-30-27)34-28-9-5-20-12-19(3)14-26(33)29(20)31-28;/h4-15,33H,1-3H3;/q-1;. The average molecular weight is 640 g/mol. The Morgan fingerprint density at radius 1 is 0.829 bits per heavy atom. The molecule has 0 aliphatic heterocycles. The number of pyridine rings is 2. The van der Waals surface area contributed by atoms with Crippen LogP contribution in [0.25, 0.3) is 38.5 Å². The fourth-order valence-electron chi connectivity index (χ4n) is 4.49. The molecule has 0 saturated heterocycles. The van der Waals surface area contributed by atoms with Crippen molar-refractivity contribution >= 4 is 32.7 Å². The van der Waals surface area contributed by atoms with E-state index in [9.17, 15) is 5.11 Å². The van der Waals surface area contributed by atoms with Crippen molar-refractivity contribution in [2.75, 3.05) is 0 Å². The number of rotatable bonds is 3. The smallest absolute Gasteiger partial charge is 0.217 e. The van der Waals surface area contributed by atoms with Gasteiger partial charge in [0.25, 0.3) is 0 Å². The van der Waals surface area contributed by atoms with E-state index in [0.29, 0.717) is 17.1 Å². The van der Waals surface area contributed by atoms with Crippen molar-refractivity contribution in [1.82, 2.24) is 14.5 Å². The Balaban J connectivity index is 0.00000253. The molecule has 1 N–H and O–H groups in total. The SMILES string of the molecule is Cc1ccnc(-n2c3[c-]c(Oc4ccc5cc(C)cc(O)c5n4)ccc3c3cc(C)ccc32)c1.[Pt]. The van der Waals surface area contributed by atoms with Gasteiger partial charge < -0.3 is 14.4 Å². The molecule has 0 aliphatic carbocycles. The monoisotopic (exact) mass is 639 g/mol. The van der Waals surface area contributed by atoms with Gasteiger partial charge in [0.2, 0.25) is 5.88 Å². The van der Waals surface area contributed by atoms with E-state index in [1.165, 1.54) is 5.56 Å². The van der Waals surface area contributed by atoms with Gasteiger partial charge in [0.1, 0.15) is 17.1 Å². The molecule has 3 aromatic carbocycles. The second-order valence-corrected chi connectivity index (χ2v) is 8.74. The summed E-state index contributed by atoms with van der Waals surface area (Å²) in [5, 5.41) is 13.4. The summed E-state index contributed by atoms with van der Waals surface area (Å²) in [5.74, 6) is 1.91. The Morgan fingerprint density at radius 3 is 2.49 bits per heavy atom. The average Bonchev–Trinajstić information content (AvgIpc) is 3.12. The van der Waals surface area contributed by atoms with Crippen molar-refractivity contribution in [2.45, 2.75) is 20.8 Å². The zero-order valence-electron chi connectivity index (χ0n) is 19.4. The number of benzene rings is 3. The number of fused-ring (bicyclic) bond motifs is 4. The third-order valence-corrected chi connectivity index (χ3v) is 6.04. The Hall–Kier alpha value is -3.69. The van der Waals surface area contributed by atoms with Crippen molar-refractivity contribution in [3.05, 3.63) is 95.7 Å². The van der Waals surface area contributed by atoms with Crippen LogP contribution in [0.15, 0.2) is 72.9 Å². The van der Waals surface area contributed by atoms with Crippen LogP contribution in [0.4, 0.5) is 0 Å². The van der Waals surface area contributed by atoms with Crippen LogP contribution in [0.3, 0.4) is 0 Å². The number of aryl methyl sites for hydroxylation is 3. The molecule has 0 bridgehead atoms. The van der Waals surface area contributed by atoms with E-state index < -0.39 is 0 Å². The zero-order chi connectivity index (χ0) is 23.4. The van der Waals surface area contributed by atoms with E-state index in [2.05, 4.69) is 64.8 Å². The van der Waals surface area contributed by atoms with Crippen LogP contribution in [-0.4, -0.2) is 19.6 Å². The third kappa shape index (κ3) is 4.06. The van der Waals surface area contributed by atoms with Crippen molar-refractivity contribution in [1.29, 1.82) is 0 Å². The molecule has 0 radical (unpaired) electrons.